The fourth-order valence-corrected chi connectivity index (χ4v) is 3.03. The number of nitrogens with zero attached hydrogens (tertiary/aromatic N) is 2. The zero-order valence-corrected chi connectivity index (χ0v) is 12.1. The molecule has 0 saturated heterocycles. The van der Waals surface area contributed by atoms with Gasteiger partial charge in [-0.1, -0.05) is 6.07 Å². The zero-order chi connectivity index (χ0) is 14.4. The maximum Gasteiger partial charge on any atom is 0.355 e. The van der Waals surface area contributed by atoms with E-state index in [1.165, 1.54) is 4.68 Å². The molecule has 0 unspecified atom stereocenters. The fraction of sp³-hybridized carbons (Fsp3) is 0.154. The lowest BCUT2D eigenvalue weighted by molar-refractivity contribution is -0.115. The molecule has 0 radical (unpaired) electrons. The smallest absolute Gasteiger partial charge is 0.355 e. The number of nitrogens with one attached hydrogen (secondary N) is 1. The Kier molecular flexibility index (Phi) is 2.86. The standard InChI is InChI=1S/C13H10BrN3O3/c1-17-12(13(19)20)10(14)11(16-17)6-2-3-8-7(4-6)5-9(18)15-8/h2-4H,5H2,1H3,(H,15,18)(H,19,20). The van der Waals surface area contributed by atoms with Crippen molar-refractivity contribution in [3.63, 3.8) is 0 Å². The van der Waals surface area contributed by atoms with Crippen molar-refractivity contribution >= 4 is 33.5 Å². The van der Waals surface area contributed by atoms with Gasteiger partial charge in [0.05, 0.1) is 10.9 Å². The third-order valence-corrected chi connectivity index (χ3v) is 3.95. The van der Waals surface area contributed by atoms with Gasteiger partial charge in [0, 0.05) is 18.3 Å². The Bertz CT molecular complexity index is 752. The van der Waals surface area contributed by atoms with E-state index in [1.54, 1.807) is 13.1 Å². The molecule has 3 rings (SSSR count). The summed E-state index contributed by atoms with van der Waals surface area (Å²) in [4.78, 5) is 22.5. The number of aromatic carboxylic acids is 1. The van der Waals surface area contributed by atoms with Crippen LogP contribution in [0.25, 0.3) is 11.3 Å². The first-order chi connectivity index (χ1) is 9.47. The Hall–Kier alpha value is -2.15. The van der Waals surface area contributed by atoms with Crippen LogP contribution in [0.5, 0.6) is 0 Å². The van der Waals surface area contributed by atoms with Gasteiger partial charge in [-0.15, -0.1) is 0 Å². The SMILES string of the molecule is Cn1nc(-c2ccc3c(c2)CC(=O)N3)c(Br)c1C(=O)O. The minimum atomic E-state index is -1.05. The first-order valence-corrected chi connectivity index (χ1v) is 6.65. The molecule has 1 aromatic heterocycles. The van der Waals surface area contributed by atoms with Crippen molar-refractivity contribution in [1.29, 1.82) is 0 Å². The third-order valence-electron chi connectivity index (χ3n) is 3.20. The Morgan fingerprint density at radius 3 is 2.90 bits per heavy atom. The van der Waals surface area contributed by atoms with Crippen molar-refractivity contribution in [3.8, 4) is 11.3 Å². The zero-order valence-electron chi connectivity index (χ0n) is 10.5. The van der Waals surface area contributed by atoms with Gasteiger partial charge in [-0.3, -0.25) is 9.48 Å². The number of benzene rings is 1. The molecule has 0 saturated carbocycles. The van der Waals surface area contributed by atoms with E-state index in [0.717, 1.165) is 16.8 Å². The number of rotatable bonds is 2. The number of aromatic nitrogens is 2. The summed E-state index contributed by atoms with van der Waals surface area (Å²) in [5.74, 6) is -1.08. The van der Waals surface area contributed by atoms with Crippen LogP contribution in [0.15, 0.2) is 22.7 Å². The van der Waals surface area contributed by atoms with Crippen LogP contribution in [0, 0.1) is 0 Å². The molecule has 0 atom stereocenters. The Morgan fingerprint density at radius 1 is 1.50 bits per heavy atom. The molecule has 2 heterocycles. The van der Waals surface area contributed by atoms with Crippen molar-refractivity contribution in [3.05, 3.63) is 33.9 Å². The Labute approximate surface area is 122 Å². The predicted octanol–water partition coefficient (Wildman–Crippen LogP) is 2.04. The molecule has 102 valence electrons. The van der Waals surface area contributed by atoms with E-state index in [2.05, 4.69) is 26.3 Å². The monoisotopic (exact) mass is 335 g/mol. The summed E-state index contributed by atoms with van der Waals surface area (Å²) >= 11 is 3.29. The van der Waals surface area contributed by atoms with Crippen LogP contribution in [-0.4, -0.2) is 26.8 Å². The molecule has 1 aliphatic rings. The quantitative estimate of drug-likeness (QED) is 0.879. The number of hydrogen-bond donors (Lipinski definition) is 2. The molecule has 1 aliphatic heterocycles. The number of halogens is 1. The highest BCUT2D eigenvalue weighted by Crippen LogP contribution is 2.33. The topological polar surface area (TPSA) is 84.2 Å². The van der Waals surface area contributed by atoms with Crippen molar-refractivity contribution < 1.29 is 14.7 Å². The number of carboxylic acid groups (broad SMARTS) is 1. The summed E-state index contributed by atoms with van der Waals surface area (Å²) in [5.41, 5.74) is 3.10. The van der Waals surface area contributed by atoms with Gasteiger partial charge in [0.15, 0.2) is 5.69 Å². The molecule has 1 aromatic carbocycles. The van der Waals surface area contributed by atoms with Crippen LogP contribution in [0.2, 0.25) is 0 Å². The lowest BCUT2D eigenvalue weighted by Gasteiger charge is -2.02. The van der Waals surface area contributed by atoms with Gasteiger partial charge < -0.3 is 10.4 Å². The fourth-order valence-electron chi connectivity index (χ4n) is 2.29. The maximum absolute atomic E-state index is 11.3. The van der Waals surface area contributed by atoms with Crippen LogP contribution < -0.4 is 5.32 Å². The number of carbonyl (C=O) groups is 2. The van der Waals surface area contributed by atoms with Crippen LogP contribution in [0.1, 0.15) is 16.1 Å². The first-order valence-electron chi connectivity index (χ1n) is 5.86. The highest BCUT2D eigenvalue weighted by molar-refractivity contribution is 9.10. The number of fused-ring (bicyclic) bond motifs is 1. The summed E-state index contributed by atoms with van der Waals surface area (Å²) in [7, 11) is 1.58. The lowest BCUT2D eigenvalue weighted by atomic mass is 10.1. The van der Waals surface area contributed by atoms with E-state index in [4.69, 9.17) is 5.11 Å². The van der Waals surface area contributed by atoms with Crippen LogP contribution in [0.4, 0.5) is 5.69 Å². The predicted molar refractivity (Wildman–Crippen MR) is 75.6 cm³/mol. The first kappa shape index (κ1) is 12.9. The van der Waals surface area contributed by atoms with Gasteiger partial charge >= 0.3 is 5.97 Å². The largest absolute Gasteiger partial charge is 0.476 e. The normalized spacial score (nSPS) is 13.2. The van der Waals surface area contributed by atoms with E-state index in [9.17, 15) is 9.59 Å². The minimum Gasteiger partial charge on any atom is -0.476 e. The molecule has 0 fully saturated rings. The number of anilines is 1. The third kappa shape index (κ3) is 1.90. The molecule has 7 heteroatoms. The van der Waals surface area contributed by atoms with Crippen LogP contribution in [-0.2, 0) is 18.3 Å². The molecular formula is C13H10BrN3O3. The summed E-state index contributed by atoms with van der Waals surface area (Å²) in [5, 5.41) is 16.1. The van der Waals surface area contributed by atoms with E-state index in [1.807, 2.05) is 12.1 Å². The van der Waals surface area contributed by atoms with Gasteiger partial charge in [0.2, 0.25) is 5.91 Å². The van der Waals surface area contributed by atoms with E-state index >= 15 is 0 Å². The molecule has 20 heavy (non-hydrogen) atoms. The maximum atomic E-state index is 11.3. The highest BCUT2D eigenvalue weighted by atomic mass is 79.9. The van der Waals surface area contributed by atoms with Gasteiger partial charge in [0.25, 0.3) is 0 Å². The van der Waals surface area contributed by atoms with Crippen LogP contribution in [0.3, 0.4) is 0 Å². The summed E-state index contributed by atoms with van der Waals surface area (Å²) < 4.78 is 1.75. The second-order valence-corrected chi connectivity index (χ2v) is 5.33. The average molecular weight is 336 g/mol. The van der Waals surface area contributed by atoms with Crippen molar-refractivity contribution in [2.75, 3.05) is 5.32 Å². The van der Waals surface area contributed by atoms with E-state index in [-0.39, 0.29) is 11.6 Å². The summed E-state index contributed by atoms with van der Waals surface area (Å²) in [6, 6.07) is 5.46. The van der Waals surface area contributed by atoms with Crippen molar-refractivity contribution in [2.24, 2.45) is 7.05 Å². The molecular weight excluding hydrogens is 326 g/mol. The molecule has 6 nitrogen and oxygen atoms in total. The van der Waals surface area contributed by atoms with Gasteiger partial charge in [0.1, 0.15) is 5.69 Å². The minimum absolute atomic E-state index is 0.0385. The molecule has 0 spiro atoms. The number of amides is 1. The molecule has 1 amide bonds. The number of hydrogen-bond acceptors (Lipinski definition) is 3. The Balaban J connectivity index is 2.11. The number of aryl methyl sites for hydroxylation is 1. The van der Waals surface area contributed by atoms with Crippen molar-refractivity contribution in [2.45, 2.75) is 6.42 Å². The summed E-state index contributed by atoms with van der Waals surface area (Å²) in [6.45, 7) is 0. The molecule has 2 aromatic rings. The highest BCUT2D eigenvalue weighted by Gasteiger charge is 2.23. The lowest BCUT2D eigenvalue weighted by Crippen LogP contribution is -2.05. The van der Waals surface area contributed by atoms with Gasteiger partial charge in [-0.05, 0) is 33.6 Å². The molecule has 2 N–H and O–H groups in total. The summed E-state index contributed by atoms with van der Waals surface area (Å²) in [6.07, 6.45) is 0.333. The van der Waals surface area contributed by atoms with Gasteiger partial charge in [-0.2, -0.15) is 5.10 Å². The molecule has 0 aliphatic carbocycles. The van der Waals surface area contributed by atoms with E-state index in [0.29, 0.717) is 16.6 Å². The molecule has 0 bridgehead atoms. The second kappa shape index (κ2) is 4.45. The number of carbonyl (C=O) groups excluding carboxylic acids is 1. The van der Waals surface area contributed by atoms with Gasteiger partial charge in [-0.25, -0.2) is 4.79 Å². The van der Waals surface area contributed by atoms with E-state index < -0.39 is 5.97 Å². The van der Waals surface area contributed by atoms with Crippen molar-refractivity contribution in [1.82, 2.24) is 9.78 Å². The second-order valence-electron chi connectivity index (χ2n) is 4.54. The van der Waals surface area contributed by atoms with Crippen LogP contribution >= 0.6 is 15.9 Å². The number of carboxylic acids is 1. The average Bonchev–Trinajstić information content (AvgIpc) is 2.87. The Morgan fingerprint density at radius 2 is 2.25 bits per heavy atom.